The number of esters is 1. The molecule has 0 fully saturated rings. The molecular weight excluding hydrogens is 276 g/mol. The van der Waals surface area contributed by atoms with E-state index in [4.69, 9.17) is 10.5 Å². The molecule has 0 saturated heterocycles. The zero-order valence-corrected chi connectivity index (χ0v) is 13.6. The van der Waals surface area contributed by atoms with E-state index >= 15 is 0 Å². The van der Waals surface area contributed by atoms with Gasteiger partial charge in [0.15, 0.2) is 0 Å². The molecule has 0 aliphatic heterocycles. The SMILES string of the molecule is COC(=O)C(N)Cc1cn(COCC[Si](C)(C)C)nn1. The summed E-state index contributed by atoms with van der Waals surface area (Å²) in [6.07, 6.45) is 2.04. The number of aromatic nitrogens is 3. The molecule has 0 radical (unpaired) electrons. The van der Waals surface area contributed by atoms with Crippen LogP contribution < -0.4 is 5.73 Å². The second-order valence-electron chi connectivity index (χ2n) is 5.93. The van der Waals surface area contributed by atoms with Crippen molar-refractivity contribution in [1.82, 2.24) is 15.0 Å². The lowest BCUT2D eigenvalue weighted by molar-refractivity contribution is -0.142. The Bertz CT molecular complexity index is 431. The van der Waals surface area contributed by atoms with Gasteiger partial charge in [-0.2, -0.15) is 0 Å². The molecule has 0 aromatic carbocycles. The van der Waals surface area contributed by atoms with Crippen LogP contribution in [0.15, 0.2) is 6.20 Å². The van der Waals surface area contributed by atoms with E-state index in [-0.39, 0.29) is 0 Å². The zero-order valence-electron chi connectivity index (χ0n) is 12.6. The molecule has 8 heteroatoms. The third-order valence-corrected chi connectivity index (χ3v) is 4.44. The van der Waals surface area contributed by atoms with Gasteiger partial charge < -0.3 is 15.2 Å². The molecule has 0 spiro atoms. The van der Waals surface area contributed by atoms with Crippen molar-refractivity contribution in [3.05, 3.63) is 11.9 Å². The molecule has 1 aromatic rings. The number of nitrogens with zero attached hydrogens (tertiary/aromatic N) is 3. The quantitative estimate of drug-likeness (QED) is 0.430. The minimum absolute atomic E-state index is 0.307. The molecule has 2 N–H and O–H groups in total. The van der Waals surface area contributed by atoms with Gasteiger partial charge in [-0.15, -0.1) is 5.10 Å². The largest absolute Gasteiger partial charge is 0.468 e. The van der Waals surface area contributed by atoms with Gasteiger partial charge in [-0.1, -0.05) is 24.9 Å². The monoisotopic (exact) mass is 300 g/mol. The Kier molecular flexibility index (Phi) is 6.31. The Morgan fingerprint density at radius 2 is 2.20 bits per heavy atom. The summed E-state index contributed by atoms with van der Waals surface area (Å²) in [7, 11) is 0.244. The number of hydrogen-bond acceptors (Lipinski definition) is 6. The summed E-state index contributed by atoms with van der Waals surface area (Å²) in [5.41, 5.74) is 6.31. The van der Waals surface area contributed by atoms with Crippen molar-refractivity contribution in [3.8, 4) is 0 Å². The van der Waals surface area contributed by atoms with Crippen molar-refractivity contribution in [2.45, 2.75) is 44.9 Å². The van der Waals surface area contributed by atoms with Crippen molar-refractivity contribution >= 4 is 14.0 Å². The van der Waals surface area contributed by atoms with E-state index in [0.717, 1.165) is 12.7 Å². The van der Waals surface area contributed by atoms with Crippen LogP contribution in [0.3, 0.4) is 0 Å². The first-order valence-corrected chi connectivity index (χ1v) is 10.3. The molecule has 0 bridgehead atoms. The van der Waals surface area contributed by atoms with Gasteiger partial charge in [0.2, 0.25) is 0 Å². The molecule has 0 aliphatic carbocycles. The highest BCUT2D eigenvalue weighted by Gasteiger charge is 2.16. The fourth-order valence-electron chi connectivity index (χ4n) is 1.49. The van der Waals surface area contributed by atoms with Crippen LogP contribution >= 0.6 is 0 Å². The predicted octanol–water partition coefficient (Wildman–Crippen LogP) is 0.633. The van der Waals surface area contributed by atoms with E-state index in [0.29, 0.717) is 18.8 Å². The Hall–Kier alpha value is -1.25. The van der Waals surface area contributed by atoms with Crippen LogP contribution in [0.4, 0.5) is 0 Å². The molecular formula is C12H24N4O3Si. The topological polar surface area (TPSA) is 92.3 Å². The maximum absolute atomic E-state index is 11.2. The summed E-state index contributed by atoms with van der Waals surface area (Å²) in [6, 6.07) is 0.403. The van der Waals surface area contributed by atoms with Crippen LogP contribution in [0.1, 0.15) is 5.69 Å². The summed E-state index contributed by atoms with van der Waals surface area (Å²) < 4.78 is 11.7. The van der Waals surface area contributed by atoms with Gasteiger partial charge in [0.25, 0.3) is 0 Å². The maximum atomic E-state index is 11.2. The van der Waals surface area contributed by atoms with Gasteiger partial charge in [-0.05, 0) is 6.04 Å². The molecule has 114 valence electrons. The molecule has 7 nitrogen and oxygen atoms in total. The smallest absolute Gasteiger partial charge is 0.323 e. The average molecular weight is 300 g/mol. The molecule has 1 unspecified atom stereocenters. The van der Waals surface area contributed by atoms with Gasteiger partial charge in [0.1, 0.15) is 12.8 Å². The summed E-state index contributed by atoms with van der Waals surface area (Å²) in [6.45, 7) is 8.01. The van der Waals surface area contributed by atoms with E-state index in [1.165, 1.54) is 7.11 Å². The molecule has 20 heavy (non-hydrogen) atoms. The first-order valence-electron chi connectivity index (χ1n) is 6.62. The highest BCUT2D eigenvalue weighted by atomic mass is 28.3. The minimum atomic E-state index is -1.07. The Morgan fingerprint density at radius 1 is 1.50 bits per heavy atom. The van der Waals surface area contributed by atoms with Crippen LogP contribution in [-0.2, 0) is 27.4 Å². The number of methoxy groups -OCH3 is 1. The lowest BCUT2D eigenvalue weighted by Gasteiger charge is -2.15. The Labute approximate surface area is 120 Å². The molecule has 1 aromatic heterocycles. The molecule has 0 saturated carbocycles. The third-order valence-electron chi connectivity index (χ3n) is 2.74. The van der Waals surface area contributed by atoms with Gasteiger partial charge in [-0.25, -0.2) is 4.68 Å². The van der Waals surface area contributed by atoms with Gasteiger partial charge in [-0.3, -0.25) is 4.79 Å². The predicted molar refractivity (Wildman–Crippen MR) is 77.8 cm³/mol. The van der Waals surface area contributed by atoms with E-state index < -0.39 is 20.1 Å². The summed E-state index contributed by atoms with van der Waals surface area (Å²) in [4.78, 5) is 11.2. The highest BCUT2D eigenvalue weighted by molar-refractivity contribution is 6.76. The second-order valence-corrected chi connectivity index (χ2v) is 11.6. The van der Waals surface area contributed by atoms with Gasteiger partial charge in [0.05, 0.1) is 19.0 Å². The van der Waals surface area contributed by atoms with E-state index in [1.807, 2.05) is 0 Å². The Morgan fingerprint density at radius 3 is 2.80 bits per heavy atom. The molecule has 1 rings (SSSR count). The fourth-order valence-corrected chi connectivity index (χ4v) is 2.25. The normalized spacial score (nSPS) is 13.2. The second kappa shape index (κ2) is 7.51. The molecule has 0 aliphatic rings. The van der Waals surface area contributed by atoms with Gasteiger partial charge >= 0.3 is 5.97 Å². The van der Waals surface area contributed by atoms with E-state index in [1.54, 1.807) is 10.9 Å². The van der Waals surface area contributed by atoms with Crippen molar-refractivity contribution in [1.29, 1.82) is 0 Å². The minimum Gasteiger partial charge on any atom is -0.468 e. The van der Waals surface area contributed by atoms with E-state index in [9.17, 15) is 4.79 Å². The van der Waals surface area contributed by atoms with Crippen LogP contribution in [0.25, 0.3) is 0 Å². The maximum Gasteiger partial charge on any atom is 0.323 e. The third kappa shape index (κ3) is 6.26. The van der Waals surface area contributed by atoms with Crippen LogP contribution in [0.5, 0.6) is 0 Å². The first-order chi connectivity index (χ1) is 9.31. The molecule has 1 heterocycles. The molecule has 1 atom stereocenters. The lowest BCUT2D eigenvalue weighted by Crippen LogP contribution is -2.33. The van der Waals surface area contributed by atoms with Crippen molar-refractivity contribution in [3.63, 3.8) is 0 Å². The lowest BCUT2D eigenvalue weighted by atomic mass is 10.2. The van der Waals surface area contributed by atoms with E-state index in [2.05, 4.69) is 34.7 Å². The number of hydrogen-bond donors (Lipinski definition) is 1. The number of carbonyl (C=O) groups is 1. The van der Waals surface area contributed by atoms with Crippen molar-refractivity contribution in [2.75, 3.05) is 13.7 Å². The van der Waals surface area contributed by atoms with Crippen LogP contribution in [-0.4, -0.2) is 48.8 Å². The number of ether oxygens (including phenoxy) is 2. The summed E-state index contributed by atoms with van der Waals surface area (Å²) in [5, 5.41) is 7.89. The van der Waals surface area contributed by atoms with Crippen molar-refractivity contribution in [2.24, 2.45) is 5.73 Å². The first kappa shape index (κ1) is 16.8. The zero-order chi connectivity index (χ0) is 15.2. The summed E-state index contributed by atoms with van der Waals surface area (Å²) in [5.74, 6) is -0.453. The fraction of sp³-hybridized carbons (Fsp3) is 0.750. The number of carbonyl (C=O) groups excluding carboxylic acids is 1. The standard InChI is InChI=1S/C12H24N4O3Si/c1-18-12(17)11(13)7-10-8-16(15-14-10)9-19-5-6-20(2,3)4/h8,11H,5-7,9,13H2,1-4H3. The highest BCUT2D eigenvalue weighted by Crippen LogP contribution is 2.07. The molecule has 0 amide bonds. The van der Waals surface area contributed by atoms with Crippen molar-refractivity contribution < 1.29 is 14.3 Å². The van der Waals surface area contributed by atoms with Crippen LogP contribution in [0, 0.1) is 0 Å². The average Bonchev–Trinajstić information content (AvgIpc) is 2.80. The Balaban J connectivity index is 2.34. The number of rotatable bonds is 8. The summed E-state index contributed by atoms with van der Waals surface area (Å²) >= 11 is 0. The van der Waals surface area contributed by atoms with Crippen LogP contribution in [0.2, 0.25) is 25.7 Å². The van der Waals surface area contributed by atoms with Gasteiger partial charge in [0, 0.05) is 21.1 Å². The number of nitrogens with two attached hydrogens (primary N) is 1.